The minimum Gasteiger partial charge on any atom is -0.338 e. The summed E-state index contributed by atoms with van der Waals surface area (Å²) in [5.74, 6) is 0.693. The molecule has 0 unspecified atom stereocenters. The largest absolute Gasteiger partial charge is 0.338 e. The molecule has 2 amide bonds. The summed E-state index contributed by atoms with van der Waals surface area (Å²) < 4.78 is 0. The lowest BCUT2D eigenvalue weighted by molar-refractivity contribution is 0.209. The van der Waals surface area contributed by atoms with Gasteiger partial charge in [0, 0.05) is 12.2 Å². The monoisotopic (exact) mass is 387 g/mol. The maximum atomic E-state index is 12.2. The van der Waals surface area contributed by atoms with Gasteiger partial charge in [0.1, 0.15) is 0 Å². The van der Waals surface area contributed by atoms with Crippen molar-refractivity contribution >= 4 is 22.5 Å². The maximum absolute atomic E-state index is 12.2. The first-order chi connectivity index (χ1) is 14.3. The van der Waals surface area contributed by atoms with Gasteiger partial charge in [-0.2, -0.15) is 0 Å². The van der Waals surface area contributed by atoms with Crippen LogP contribution in [0.1, 0.15) is 30.7 Å². The molecule has 1 saturated heterocycles. The van der Waals surface area contributed by atoms with Crippen LogP contribution in [0.3, 0.4) is 0 Å². The van der Waals surface area contributed by atoms with Crippen LogP contribution < -0.4 is 10.6 Å². The molecule has 4 rings (SSSR count). The van der Waals surface area contributed by atoms with Gasteiger partial charge in [-0.05, 0) is 73.3 Å². The minimum absolute atomic E-state index is 0.136. The molecule has 29 heavy (non-hydrogen) atoms. The lowest BCUT2D eigenvalue weighted by Crippen LogP contribution is -2.36. The Morgan fingerprint density at radius 3 is 2.41 bits per heavy atom. The Bertz CT molecular complexity index is 933. The van der Waals surface area contributed by atoms with E-state index in [1.165, 1.54) is 23.8 Å². The molecular weight excluding hydrogens is 358 g/mol. The van der Waals surface area contributed by atoms with Crippen molar-refractivity contribution in [2.45, 2.75) is 25.2 Å². The maximum Gasteiger partial charge on any atom is 0.319 e. The lowest BCUT2D eigenvalue weighted by atomic mass is 9.89. The van der Waals surface area contributed by atoms with Crippen LogP contribution in [0.4, 0.5) is 10.5 Å². The number of rotatable bonds is 6. The SMILES string of the molecule is O=C(NCCCN1CCC(c2ccccc2)CC1)Nc1ccc2ccccc2c1. The molecule has 4 heteroatoms. The van der Waals surface area contributed by atoms with Crippen molar-refractivity contribution < 1.29 is 4.79 Å². The number of hydrogen-bond donors (Lipinski definition) is 2. The fraction of sp³-hybridized carbons (Fsp3) is 0.320. The average molecular weight is 388 g/mol. The van der Waals surface area contributed by atoms with E-state index in [4.69, 9.17) is 0 Å². The summed E-state index contributed by atoms with van der Waals surface area (Å²) in [4.78, 5) is 14.7. The van der Waals surface area contributed by atoms with Crippen LogP contribution in [0.15, 0.2) is 72.8 Å². The van der Waals surface area contributed by atoms with Gasteiger partial charge < -0.3 is 15.5 Å². The van der Waals surface area contributed by atoms with Crippen molar-refractivity contribution in [3.63, 3.8) is 0 Å². The van der Waals surface area contributed by atoms with Gasteiger partial charge in [-0.25, -0.2) is 4.79 Å². The first-order valence-electron chi connectivity index (χ1n) is 10.6. The van der Waals surface area contributed by atoms with Crippen molar-refractivity contribution in [2.24, 2.45) is 0 Å². The number of carbonyl (C=O) groups excluding carboxylic acids is 1. The second-order valence-electron chi connectivity index (χ2n) is 7.82. The number of urea groups is 1. The highest BCUT2D eigenvalue weighted by atomic mass is 16.2. The van der Waals surface area contributed by atoms with Gasteiger partial charge in [-0.15, -0.1) is 0 Å². The molecule has 0 bridgehead atoms. The summed E-state index contributed by atoms with van der Waals surface area (Å²) in [6, 6.07) is 24.9. The minimum atomic E-state index is -0.136. The summed E-state index contributed by atoms with van der Waals surface area (Å²) >= 11 is 0. The molecule has 0 saturated carbocycles. The Labute approximate surface area is 172 Å². The predicted octanol–water partition coefficient (Wildman–Crippen LogP) is 5.23. The quantitative estimate of drug-likeness (QED) is 0.569. The molecule has 3 aromatic rings. The Kier molecular flexibility index (Phi) is 6.42. The van der Waals surface area contributed by atoms with E-state index in [1.807, 2.05) is 30.3 Å². The topological polar surface area (TPSA) is 44.4 Å². The van der Waals surface area contributed by atoms with Crippen molar-refractivity contribution in [1.29, 1.82) is 0 Å². The van der Waals surface area contributed by atoms with Crippen LogP contribution in [-0.4, -0.2) is 37.1 Å². The molecule has 1 aliphatic rings. The third-order valence-electron chi connectivity index (χ3n) is 5.80. The Balaban J connectivity index is 1.15. The Morgan fingerprint density at radius 2 is 1.62 bits per heavy atom. The number of carbonyl (C=O) groups is 1. The summed E-state index contributed by atoms with van der Waals surface area (Å²) in [6.45, 7) is 4.02. The Morgan fingerprint density at radius 1 is 0.897 bits per heavy atom. The van der Waals surface area contributed by atoms with Gasteiger partial charge in [-0.3, -0.25) is 0 Å². The van der Waals surface area contributed by atoms with E-state index in [2.05, 4.69) is 58.0 Å². The van der Waals surface area contributed by atoms with Crippen LogP contribution in [-0.2, 0) is 0 Å². The average Bonchev–Trinajstić information content (AvgIpc) is 2.78. The third-order valence-corrected chi connectivity index (χ3v) is 5.80. The first kappa shape index (κ1) is 19.5. The molecule has 3 aromatic carbocycles. The molecule has 1 fully saturated rings. The number of nitrogens with one attached hydrogen (secondary N) is 2. The number of anilines is 1. The number of fused-ring (bicyclic) bond motifs is 1. The van der Waals surface area contributed by atoms with Crippen LogP contribution >= 0.6 is 0 Å². The zero-order valence-corrected chi connectivity index (χ0v) is 16.8. The third kappa shape index (κ3) is 5.36. The number of hydrogen-bond acceptors (Lipinski definition) is 2. The van der Waals surface area contributed by atoms with Crippen molar-refractivity contribution in [3.8, 4) is 0 Å². The standard InChI is InChI=1S/C25H29N3O/c29-25(27-24-12-11-21-9-4-5-10-23(21)19-24)26-15-6-16-28-17-13-22(14-18-28)20-7-2-1-3-8-20/h1-5,7-12,19,22H,6,13-18H2,(H2,26,27,29). The van der Waals surface area contributed by atoms with Gasteiger partial charge >= 0.3 is 6.03 Å². The van der Waals surface area contributed by atoms with Crippen LogP contribution in [0, 0.1) is 0 Å². The molecule has 0 radical (unpaired) electrons. The van der Waals surface area contributed by atoms with E-state index >= 15 is 0 Å². The van der Waals surface area contributed by atoms with E-state index in [0.717, 1.165) is 37.1 Å². The molecule has 2 N–H and O–H groups in total. The molecule has 0 aromatic heterocycles. The molecule has 150 valence electrons. The second kappa shape index (κ2) is 9.57. The van der Waals surface area contributed by atoms with E-state index in [-0.39, 0.29) is 6.03 Å². The fourth-order valence-corrected chi connectivity index (χ4v) is 4.16. The molecule has 4 nitrogen and oxygen atoms in total. The number of amides is 2. The van der Waals surface area contributed by atoms with Crippen molar-refractivity contribution in [3.05, 3.63) is 78.4 Å². The summed E-state index contributed by atoms with van der Waals surface area (Å²) in [6.07, 6.45) is 3.42. The molecule has 0 aliphatic carbocycles. The summed E-state index contributed by atoms with van der Waals surface area (Å²) in [5, 5.41) is 8.21. The van der Waals surface area contributed by atoms with E-state index in [1.54, 1.807) is 0 Å². The number of nitrogens with zero attached hydrogens (tertiary/aromatic N) is 1. The van der Waals surface area contributed by atoms with Crippen LogP contribution in [0.2, 0.25) is 0 Å². The lowest BCUT2D eigenvalue weighted by Gasteiger charge is -2.32. The zero-order chi connectivity index (χ0) is 19.9. The fourth-order valence-electron chi connectivity index (χ4n) is 4.16. The van der Waals surface area contributed by atoms with E-state index in [9.17, 15) is 4.79 Å². The molecular formula is C25H29N3O. The number of piperidine rings is 1. The number of benzene rings is 3. The number of likely N-dealkylation sites (tertiary alicyclic amines) is 1. The van der Waals surface area contributed by atoms with Crippen molar-refractivity contribution in [2.75, 3.05) is 31.5 Å². The highest BCUT2D eigenvalue weighted by molar-refractivity contribution is 5.93. The summed E-state index contributed by atoms with van der Waals surface area (Å²) in [5.41, 5.74) is 2.29. The van der Waals surface area contributed by atoms with Crippen molar-refractivity contribution in [1.82, 2.24) is 10.2 Å². The zero-order valence-electron chi connectivity index (χ0n) is 16.8. The van der Waals surface area contributed by atoms with Gasteiger partial charge in [0.05, 0.1) is 0 Å². The van der Waals surface area contributed by atoms with Gasteiger partial charge in [-0.1, -0.05) is 60.7 Å². The molecule has 0 spiro atoms. The molecule has 1 aliphatic heterocycles. The normalized spacial score (nSPS) is 15.3. The van der Waals surface area contributed by atoms with Gasteiger partial charge in [0.15, 0.2) is 0 Å². The van der Waals surface area contributed by atoms with Gasteiger partial charge in [0.2, 0.25) is 0 Å². The van der Waals surface area contributed by atoms with Gasteiger partial charge in [0.25, 0.3) is 0 Å². The summed E-state index contributed by atoms with van der Waals surface area (Å²) in [7, 11) is 0. The van der Waals surface area contributed by atoms with Crippen LogP contribution in [0.25, 0.3) is 10.8 Å². The van der Waals surface area contributed by atoms with E-state index in [0.29, 0.717) is 12.5 Å². The first-order valence-corrected chi connectivity index (χ1v) is 10.6. The van der Waals surface area contributed by atoms with E-state index < -0.39 is 0 Å². The second-order valence-corrected chi connectivity index (χ2v) is 7.82. The molecule has 0 atom stereocenters. The highest BCUT2D eigenvalue weighted by Gasteiger charge is 2.19. The predicted molar refractivity (Wildman–Crippen MR) is 120 cm³/mol. The molecule has 1 heterocycles. The highest BCUT2D eigenvalue weighted by Crippen LogP contribution is 2.27. The Hall–Kier alpha value is -2.85. The van der Waals surface area contributed by atoms with Crippen LogP contribution in [0.5, 0.6) is 0 Å². The smallest absolute Gasteiger partial charge is 0.319 e.